The molecule has 0 aliphatic carbocycles. The lowest BCUT2D eigenvalue weighted by atomic mass is 9.96. The second kappa shape index (κ2) is 58.6. The normalized spacial score (nSPS) is 25.2. The Hall–Kier alpha value is -10.2. The molecule has 766 valence electrons. The number of unbranched alkanes of at least 4 members (excludes halogenated alkanes) is 4. The molecule has 3 aliphatic rings. The summed E-state index contributed by atoms with van der Waals surface area (Å²) in [4.78, 5) is 297. The third kappa shape index (κ3) is 38.1. The number of nitrogens with one attached hydrogen (secondary N) is 20. The number of para-hydroxylation sites is 1. The van der Waals surface area contributed by atoms with Gasteiger partial charge in [-0.3, -0.25) is 95.9 Å². The van der Waals surface area contributed by atoms with Crippen LogP contribution in [0, 0.1) is 29.6 Å². The summed E-state index contributed by atoms with van der Waals surface area (Å²) in [6, 6.07) is -20.7. The van der Waals surface area contributed by atoms with Crippen LogP contribution in [0.25, 0.3) is 10.9 Å². The van der Waals surface area contributed by atoms with Gasteiger partial charge in [-0.15, -0.1) is 0 Å². The maximum atomic E-state index is 15.7. The number of carboxylic acids is 1. The minimum atomic E-state index is -1.90. The van der Waals surface area contributed by atoms with Crippen molar-refractivity contribution in [1.82, 2.24) is 106 Å². The number of carboxylic acid groups (broad SMARTS) is 1. The van der Waals surface area contributed by atoms with Crippen molar-refractivity contribution in [2.75, 3.05) is 61.6 Å². The number of hydrogen-bond donors (Lipinski definition) is 26. The van der Waals surface area contributed by atoms with Gasteiger partial charge in [0.2, 0.25) is 112 Å². The number of nitrogens with two attached hydrogens (primary N) is 2. The van der Waals surface area contributed by atoms with Gasteiger partial charge in [-0.25, -0.2) is 0 Å². The molecule has 0 unspecified atom stereocenters. The Kier molecular flexibility index (Phi) is 50.2. The van der Waals surface area contributed by atoms with Gasteiger partial charge >= 0.3 is 5.97 Å². The molecule has 4 heterocycles. The van der Waals surface area contributed by atoms with Crippen LogP contribution in [0.15, 0.2) is 30.5 Å². The molecule has 0 spiro atoms. The van der Waals surface area contributed by atoms with E-state index in [0.717, 1.165) is 42.8 Å². The summed E-state index contributed by atoms with van der Waals surface area (Å²) in [7, 11) is 0. The van der Waals surface area contributed by atoms with E-state index in [4.69, 9.17) is 11.5 Å². The number of carbonyl (C=O) groups is 20. The first kappa shape index (κ1) is 117. The molecule has 49 heteroatoms. The highest BCUT2D eigenvalue weighted by Crippen LogP contribution is 2.26. The van der Waals surface area contributed by atoms with E-state index in [1.807, 2.05) is 0 Å². The number of hydrogen-bond acceptors (Lipinski definition) is 28. The van der Waals surface area contributed by atoms with Crippen molar-refractivity contribution in [2.24, 2.45) is 41.1 Å². The summed E-state index contributed by atoms with van der Waals surface area (Å²) in [6.45, 7) is 19.8. The maximum absolute atomic E-state index is 15.7. The Labute approximate surface area is 821 Å². The third-order valence-corrected chi connectivity index (χ3v) is 27.8. The van der Waals surface area contributed by atoms with Crippen molar-refractivity contribution in [1.29, 1.82) is 0 Å². The molecule has 19 amide bonds. The van der Waals surface area contributed by atoms with Crippen molar-refractivity contribution >= 4 is 190 Å². The number of thioether (sulfide) groups is 3. The molecular weight excluding hydrogens is 1880 g/mol. The van der Waals surface area contributed by atoms with Gasteiger partial charge in [-0.1, -0.05) is 134 Å². The Morgan fingerprint density at radius 1 is 0.526 bits per heavy atom. The first-order valence-corrected chi connectivity index (χ1v) is 50.7. The van der Waals surface area contributed by atoms with Gasteiger partial charge in [0, 0.05) is 81.0 Å². The van der Waals surface area contributed by atoms with E-state index in [2.05, 4.69) is 131 Å². The fourth-order valence-corrected chi connectivity index (χ4v) is 18.4. The molecule has 26 N–H and O–H groups in total. The van der Waals surface area contributed by atoms with Gasteiger partial charge in [0.25, 0.3) is 0 Å². The second-order valence-corrected chi connectivity index (χ2v) is 41.0. The van der Waals surface area contributed by atoms with E-state index < -0.39 is 310 Å². The average Bonchev–Trinajstić information content (AvgIpc) is 1.64. The van der Waals surface area contributed by atoms with Gasteiger partial charge in [0.15, 0.2) is 0 Å². The minimum Gasteiger partial charge on any atom is -0.481 e. The fourth-order valence-electron chi connectivity index (χ4n) is 14.7. The number of carbonyl (C=O) groups excluding carboxylic acids is 19. The van der Waals surface area contributed by atoms with Crippen molar-refractivity contribution in [3.05, 3.63) is 36.0 Å². The first-order valence-electron chi connectivity index (χ1n) is 46.2. The number of amides is 19. The van der Waals surface area contributed by atoms with E-state index in [1.54, 1.807) is 99.7 Å². The number of aliphatic hydroxyl groups is 1. The highest BCUT2D eigenvalue weighted by atomic mass is 32.2. The number of aromatic amines is 1. The topological polar surface area (TPSA) is 678 Å². The highest BCUT2D eigenvalue weighted by Gasteiger charge is 2.44. The van der Waals surface area contributed by atoms with Gasteiger partial charge in [-0.2, -0.15) is 60.5 Å². The van der Waals surface area contributed by atoms with Crippen molar-refractivity contribution in [2.45, 2.75) is 286 Å². The molecule has 4 bridgehead atoms. The number of benzene rings is 1. The average molecular weight is 2020 g/mol. The van der Waals surface area contributed by atoms with Crippen LogP contribution < -0.4 is 112 Å². The molecular formula is C88H142N22O22S5. The summed E-state index contributed by atoms with van der Waals surface area (Å²) in [5.41, 5.74) is 12.6. The number of aliphatic carboxylic acids is 1. The summed E-state index contributed by atoms with van der Waals surface area (Å²) >= 11 is 10.8. The molecule has 1 aromatic heterocycles. The predicted octanol–water partition coefficient (Wildman–Crippen LogP) is -4.35. The Balaban J connectivity index is 1.75. The Bertz CT molecular complexity index is 4520. The molecule has 3 saturated heterocycles. The van der Waals surface area contributed by atoms with Crippen molar-refractivity contribution < 1.29 is 106 Å². The molecule has 2 aromatic rings. The number of rotatable bonds is 36. The van der Waals surface area contributed by atoms with Crippen molar-refractivity contribution in [3.8, 4) is 0 Å². The minimum absolute atomic E-state index is 0.0775. The van der Waals surface area contributed by atoms with Crippen LogP contribution in [0.2, 0.25) is 0 Å². The second-order valence-electron chi connectivity index (χ2n) is 36.0. The standard InChI is InChI=1S/C88H142N22O22S5/c1-15-45(10)68-85(129)97-54(25-26-65(114)115)77(121)103-61-39-136-48(13)70(110-81(125)59(37-134)101-83(127)66(43(6)7)107-80(124)57(31-50-32-92-53-24-20-19-23-51(50)53)96-63(112)33-93-74(118)58(35-111)100-73(117)52(90)36-133)87(131)99-56(30-42(4)5)79(123)109-71(88(132)108-68)49(14)137-40-62-82(126)95-46(11)72(116)102-60(75(119)91-28-22-18-16-17-21-27-89)38-135-47(12)69(105-64(113)34-94-76(61)120)86(130)98-55(29-41(2)3)78(122)106-67(44(8)9)84(128)104-62/h19-20,23-24,32,41-49,52,54-62,66-71,92,111,133-134H,15-18,21-22,25-31,33-40,89-90H2,1-14H3,(H,91,119)(H,93,118)(H,94,120)(H,95,126)(H,96,112)(H,97,129)(H,98,130)(H,99,131)(H,100,117)(H,101,127)(H,102,116)(H,103,121)(H,104,128)(H,105,113)(H,106,122)(H,107,124)(H,108,132)(H,109,123)(H,110,125)(H,114,115)/t45-,46-,47-,48+,49+,52-,54-,55-,56-,57-,58-,59-,60-,61+,62-,66-,67-,68-,69-,70-,71-/m0/s1. The van der Waals surface area contributed by atoms with Crippen LogP contribution >= 0.6 is 60.5 Å². The number of thiol groups is 2. The molecule has 137 heavy (non-hydrogen) atoms. The lowest BCUT2D eigenvalue weighted by Crippen LogP contribution is -2.63. The number of aromatic nitrogens is 1. The summed E-state index contributed by atoms with van der Waals surface area (Å²) in [6.07, 6.45) is 3.39. The number of aliphatic hydroxyl groups excluding tert-OH is 1. The Morgan fingerprint density at radius 2 is 1.08 bits per heavy atom. The SMILES string of the molecule is CC[C@H](C)[C@@H]1NC(=O)[C@H]2NC(=O)[C@H](CC(C)C)NC(=O)[C@@H](NC(=O)[C@H](CS)NC(=O)[C@@H](NC(=O)[C@H](Cc3c[nH]c4ccccc34)NC(=O)CNC(=O)[C@H](CO)NC(=O)[C@@H](N)CS)C(C)C)[C@@H](C)SC[C@@H](NC(=O)[C@H](CCC(=O)O)NC1=O)C(=O)NCC(=O)N[C@@H]1C(=O)N[C@@H](CC(C)C)C(=O)N[C@@H](C(C)C)C(=O)N[C@@H](CS[C@@H]2C)C(=O)N[C@@H](C)C(=O)N[C@H](C(=O)NCCCCCCCN)CS[C@H]1C. The number of H-pyrrole nitrogens is 1. The van der Waals surface area contributed by atoms with Gasteiger partial charge in [0.1, 0.15) is 96.7 Å². The third-order valence-electron chi connectivity index (χ3n) is 23.1. The van der Waals surface area contributed by atoms with E-state index in [1.165, 1.54) is 27.7 Å². The maximum Gasteiger partial charge on any atom is 0.303 e. The van der Waals surface area contributed by atoms with Crippen LogP contribution in [-0.2, 0) is 102 Å². The highest BCUT2D eigenvalue weighted by molar-refractivity contribution is 8.00. The van der Waals surface area contributed by atoms with Crippen LogP contribution in [0.3, 0.4) is 0 Å². The fraction of sp³-hybridized carbons (Fsp3) is 0.682. The molecule has 1 aromatic carbocycles. The zero-order valence-corrected chi connectivity index (χ0v) is 84.2. The van der Waals surface area contributed by atoms with Crippen LogP contribution in [0.1, 0.15) is 167 Å². The smallest absolute Gasteiger partial charge is 0.303 e. The molecule has 21 atom stereocenters. The molecule has 0 radical (unpaired) electrons. The quantitative estimate of drug-likeness (QED) is 0.0174. The van der Waals surface area contributed by atoms with Gasteiger partial charge in [-0.05, 0) is 86.8 Å². The van der Waals surface area contributed by atoms with Gasteiger partial charge in [0.05, 0.1) is 25.7 Å². The molecule has 44 nitrogen and oxygen atoms in total. The zero-order chi connectivity index (χ0) is 102. The zero-order valence-electron chi connectivity index (χ0n) is 80.0. The van der Waals surface area contributed by atoms with E-state index >= 15 is 47.9 Å². The van der Waals surface area contributed by atoms with E-state index in [9.17, 15) is 58.2 Å². The molecule has 3 aliphatic heterocycles. The van der Waals surface area contributed by atoms with Crippen molar-refractivity contribution in [3.63, 3.8) is 0 Å². The van der Waals surface area contributed by atoms with E-state index in [0.29, 0.717) is 47.6 Å². The van der Waals surface area contributed by atoms with Crippen LogP contribution in [-0.4, -0.2) is 313 Å². The summed E-state index contributed by atoms with van der Waals surface area (Å²) < 4.78 is 0. The lowest BCUT2D eigenvalue weighted by Gasteiger charge is -2.32. The van der Waals surface area contributed by atoms with E-state index in [-0.39, 0.29) is 49.7 Å². The first-order chi connectivity index (χ1) is 64.7. The number of fused-ring (bicyclic) bond motifs is 19. The summed E-state index contributed by atoms with van der Waals surface area (Å²) in [5.74, 6) is -26.2. The molecule has 0 saturated carbocycles. The lowest BCUT2D eigenvalue weighted by molar-refractivity contribution is -0.139. The predicted molar refractivity (Wildman–Crippen MR) is 523 cm³/mol. The molecule has 3 fully saturated rings. The Morgan fingerprint density at radius 3 is 1.69 bits per heavy atom. The van der Waals surface area contributed by atoms with Crippen LogP contribution in [0.4, 0.5) is 0 Å². The summed E-state index contributed by atoms with van der Waals surface area (Å²) in [5, 5.41) is 66.6. The largest absolute Gasteiger partial charge is 0.481 e. The van der Waals surface area contributed by atoms with Gasteiger partial charge < -0.3 is 128 Å². The monoisotopic (exact) mass is 2020 g/mol. The molecule has 5 rings (SSSR count). The van der Waals surface area contributed by atoms with Crippen LogP contribution in [0.5, 0.6) is 0 Å².